The second kappa shape index (κ2) is 7.38. The van der Waals surface area contributed by atoms with Crippen LogP contribution >= 0.6 is 0 Å². The van der Waals surface area contributed by atoms with Gasteiger partial charge in [0, 0.05) is 24.9 Å². The summed E-state index contributed by atoms with van der Waals surface area (Å²) in [5.41, 5.74) is 0.815. The molecule has 2 unspecified atom stereocenters. The Labute approximate surface area is 140 Å². The number of carbonyl (C=O) groups excluding carboxylic acids is 1. The maximum absolute atomic E-state index is 12.5. The molecular formula is C18H21F3N2O. The lowest BCUT2D eigenvalue weighted by Crippen LogP contribution is -2.41. The van der Waals surface area contributed by atoms with Gasteiger partial charge in [0.1, 0.15) is 0 Å². The number of hydrogen-bond donors (Lipinski definition) is 1. The Balaban J connectivity index is 0.00000208. The summed E-state index contributed by atoms with van der Waals surface area (Å²) >= 11 is 0. The second-order valence-electron chi connectivity index (χ2n) is 6.17. The van der Waals surface area contributed by atoms with E-state index in [-0.39, 0.29) is 13.3 Å². The molecule has 0 spiro atoms. The number of fused-ring (bicyclic) bond motifs is 2. The van der Waals surface area contributed by atoms with Gasteiger partial charge in [-0.3, -0.25) is 4.79 Å². The summed E-state index contributed by atoms with van der Waals surface area (Å²) in [6, 6.07) is 4.51. The number of nitrogens with zero attached hydrogens (tertiary/aromatic N) is 1. The SMILES string of the molecule is O=C(C=C1CCN2CCCC1C2)Nc1ccc(C(F)(F)F)cc1.[CH2]. The summed E-state index contributed by atoms with van der Waals surface area (Å²) in [5, 5.41) is 2.65. The number of nitrogens with one attached hydrogen (secondary N) is 1. The summed E-state index contributed by atoms with van der Waals surface area (Å²) in [6.07, 6.45) is 0.425. The van der Waals surface area contributed by atoms with E-state index in [0.29, 0.717) is 11.6 Å². The van der Waals surface area contributed by atoms with E-state index in [1.54, 1.807) is 6.08 Å². The van der Waals surface area contributed by atoms with Crippen molar-refractivity contribution < 1.29 is 18.0 Å². The molecule has 2 radical (unpaired) electrons. The monoisotopic (exact) mass is 338 g/mol. The highest BCUT2D eigenvalue weighted by molar-refractivity contribution is 5.99. The van der Waals surface area contributed by atoms with Crippen molar-refractivity contribution in [3.05, 3.63) is 48.9 Å². The Morgan fingerprint density at radius 1 is 1.21 bits per heavy atom. The zero-order valence-corrected chi connectivity index (χ0v) is 13.4. The molecule has 1 aromatic carbocycles. The Morgan fingerprint density at radius 3 is 2.58 bits per heavy atom. The summed E-state index contributed by atoms with van der Waals surface area (Å²) in [5.74, 6) is 0.176. The van der Waals surface area contributed by atoms with Crippen molar-refractivity contribution >= 4 is 11.6 Å². The summed E-state index contributed by atoms with van der Waals surface area (Å²) in [7, 11) is 0. The third-order valence-corrected chi connectivity index (χ3v) is 4.54. The molecule has 0 aromatic heterocycles. The number of rotatable bonds is 2. The molecule has 3 nitrogen and oxygen atoms in total. The van der Waals surface area contributed by atoms with Crippen molar-refractivity contribution in [2.75, 3.05) is 25.0 Å². The fourth-order valence-electron chi connectivity index (χ4n) is 3.33. The van der Waals surface area contributed by atoms with Crippen LogP contribution in [0.2, 0.25) is 0 Å². The van der Waals surface area contributed by atoms with Crippen LogP contribution in [0.4, 0.5) is 18.9 Å². The van der Waals surface area contributed by atoms with Crippen molar-refractivity contribution in [1.29, 1.82) is 0 Å². The molecule has 2 heterocycles. The van der Waals surface area contributed by atoms with E-state index < -0.39 is 11.7 Å². The van der Waals surface area contributed by atoms with Crippen LogP contribution in [0.15, 0.2) is 35.9 Å². The Morgan fingerprint density at radius 2 is 1.92 bits per heavy atom. The van der Waals surface area contributed by atoms with Gasteiger partial charge in [-0.25, -0.2) is 0 Å². The van der Waals surface area contributed by atoms with Crippen molar-refractivity contribution in [2.45, 2.75) is 25.4 Å². The van der Waals surface area contributed by atoms with Crippen LogP contribution in [0.25, 0.3) is 0 Å². The molecule has 2 fully saturated rings. The Hall–Kier alpha value is -1.82. The van der Waals surface area contributed by atoms with Gasteiger partial charge in [0.05, 0.1) is 5.56 Å². The molecule has 1 aromatic rings. The number of anilines is 1. The van der Waals surface area contributed by atoms with Crippen molar-refractivity contribution in [2.24, 2.45) is 5.92 Å². The number of alkyl halides is 3. The normalized spacial score (nSPS) is 25.0. The van der Waals surface area contributed by atoms with E-state index >= 15 is 0 Å². The average molecular weight is 338 g/mol. The van der Waals surface area contributed by atoms with E-state index in [4.69, 9.17) is 0 Å². The highest BCUT2D eigenvalue weighted by Crippen LogP contribution is 2.31. The predicted octanol–water partition coefficient (Wildman–Crippen LogP) is 4.01. The van der Waals surface area contributed by atoms with Crippen LogP contribution in [0.5, 0.6) is 0 Å². The summed E-state index contributed by atoms with van der Waals surface area (Å²) in [6.45, 7) is 3.14. The number of carbonyl (C=O) groups is 1. The minimum absolute atomic E-state index is 0. The first kappa shape index (κ1) is 18.5. The molecule has 0 saturated carbocycles. The largest absolute Gasteiger partial charge is 0.416 e. The van der Waals surface area contributed by atoms with Crippen molar-refractivity contribution in [1.82, 2.24) is 4.90 Å². The number of benzene rings is 1. The molecule has 2 atom stereocenters. The Kier molecular flexibility index (Phi) is 5.70. The van der Waals surface area contributed by atoms with Gasteiger partial charge in [-0.2, -0.15) is 13.2 Å². The third-order valence-electron chi connectivity index (χ3n) is 4.54. The second-order valence-corrected chi connectivity index (χ2v) is 6.17. The van der Waals surface area contributed by atoms with E-state index in [1.165, 1.54) is 12.1 Å². The van der Waals surface area contributed by atoms with Gasteiger partial charge in [0.15, 0.2) is 0 Å². The maximum Gasteiger partial charge on any atom is 0.416 e. The van der Waals surface area contributed by atoms with Gasteiger partial charge in [-0.15, -0.1) is 0 Å². The predicted molar refractivity (Wildman–Crippen MR) is 87.3 cm³/mol. The molecule has 130 valence electrons. The highest BCUT2D eigenvalue weighted by atomic mass is 19.4. The molecule has 2 bridgehead atoms. The topological polar surface area (TPSA) is 32.3 Å². The average Bonchev–Trinajstić information content (AvgIpc) is 2.50. The van der Waals surface area contributed by atoms with Gasteiger partial charge < -0.3 is 10.2 Å². The molecule has 6 heteroatoms. The lowest BCUT2D eigenvalue weighted by Gasteiger charge is -2.39. The number of piperidine rings is 2. The number of hydrogen-bond acceptors (Lipinski definition) is 2. The van der Waals surface area contributed by atoms with Crippen molar-refractivity contribution in [3.8, 4) is 0 Å². The van der Waals surface area contributed by atoms with Gasteiger partial charge >= 0.3 is 6.18 Å². The quantitative estimate of drug-likeness (QED) is 0.826. The first-order valence-electron chi connectivity index (χ1n) is 7.83. The first-order chi connectivity index (χ1) is 10.9. The zero-order valence-electron chi connectivity index (χ0n) is 13.4. The standard InChI is InChI=1S/C17H19F3N2O.CH2/c18-17(19,20)14-3-5-15(6-4-14)21-16(23)10-12-7-9-22-8-1-2-13(12)11-22;/h3-6,10,13H,1-2,7-9,11H2,(H,21,23);1H2. The van der Waals surface area contributed by atoms with E-state index in [1.807, 2.05) is 0 Å². The maximum atomic E-state index is 12.5. The van der Waals surface area contributed by atoms with Crippen LogP contribution in [-0.2, 0) is 11.0 Å². The molecule has 1 N–H and O–H groups in total. The van der Waals surface area contributed by atoms with Gasteiger partial charge in [0.2, 0.25) is 5.91 Å². The van der Waals surface area contributed by atoms with E-state index in [2.05, 4.69) is 10.2 Å². The first-order valence-corrected chi connectivity index (χ1v) is 7.83. The minimum atomic E-state index is -4.36. The fourth-order valence-corrected chi connectivity index (χ4v) is 3.33. The van der Waals surface area contributed by atoms with Crippen LogP contribution in [0.3, 0.4) is 0 Å². The van der Waals surface area contributed by atoms with Crippen LogP contribution in [0.1, 0.15) is 24.8 Å². The van der Waals surface area contributed by atoms with Crippen LogP contribution in [-0.4, -0.2) is 30.4 Å². The number of halogens is 3. The summed E-state index contributed by atoms with van der Waals surface area (Å²) in [4.78, 5) is 14.5. The van der Waals surface area contributed by atoms with Crippen LogP contribution < -0.4 is 5.32 Å². The molecule has 2 aliphatic heterocycles. The highest BCUT2D eigenvalue weighted by Gasteiger charge is 2.30. The Bertz CT molecular complexity index is 608. The van der Waals surface area contributed by atoms with Gasteiger partial charge in [-0.05, 0) is 56.0 Å². The molecule has 2 saturated heterocycles. The number of amides is 1. The third kappa shape index (κ3) is 4.38. The van der Waals surface area contributed by atoms with Crippen LogP contribution in [0, 0.1) is 13.3 Å². The molecule has 2 aliphatic rings. The molecular weight excluding hydrogens is 317 g/mol. The van der Waals surface area contributed by atoms with Gasteiger partial charge in [-0.1, -0.05) is 13.0 Å². The van der Waals surface area contributed by atoms with E-state index in [9.17, 15) is 18.0 Å². The lowest BCUT2D eigenvalue weighted by atomic mass is 9.84. The van der Waals surface area contributed by atoms with Gasteiger partial charge in [0.25, 0.3) is 0 Å². The minimum Gasteiger partial charge on any atom is -0.323 e. The molecule has 3 rings (SSSR count). The molecule has 1 amide bonds. The zero-order chi connectivity index (χ0) is 16.4. The fraction of sp³-hybridized carbons (Fsp3) is 0.444. The lowest BCUT2D eigenvalue weighted by molar-refractivity contribution is -0.137. The molecule has 24 heavy (non-hydrogen) atoms. The van der Waals surface area contributed by atoms with Crippen molar-refractivity contribution in [3.63, 3.8) is 0 Å². The van der Waals surface area contributed by atoms with E-state index in [0.717, 1.165) is 56.6 Å². The molecule has 0 aliphatic carbocycles. The summed E-state index contributed by atoms with van der Waals surface area (Å²) < 4.78 is 37.5. The smallest absolute Gasteiger partial charge is 0.323 e.